The number of esters is 1. The van der Waals surface area contributed by atoms with Crippen molar-refractivity contribution in [2.75, 3.05) is 7.11 Å². The van der Waals surface area contributed by atoms with Gasteiger partial charge in [-0.15, -0.1) is 0 Å². The Morgan fingerprint density at radius 2 is 2.27 bits per heavy atom. The molecule has 0 heterocycles. The molecule has 2 atom stereocenters. The van der Waals surface area contributed by atoms with Gasteiger partial charge in [-0.3, -0.25) is 0 Å². The quantitative estimate of drug-likeness (QED) is 0.455. The van der Waals surface area contributed by atoms with Crippen LogP contribution in [0.1, 0.15) is 13.3 Å². The van der Waals surface area contributed by atoms with Gasteiger partial charge in [0.2, 0.25) is 0 Å². The van der Waals surface area contributed by atoms with Crippen LogP contribution in [0.3, 0.4) is 0 Å². The summed E-state index contributed by atoms with van der Waals surface area (Å²) in [5, 5.41) is 9.07. The Kier molecular flexibility index (Phi) is 4.45. The lowest BCUT2D eigenvalue weighted by Gasteiger charge is -2.12. The lowest BCUT2D eigenvalue weighted by atomic mass is 10.0. The molecule has 4 heteroatoms. The molecule has 0 fully saturated rings. The number of aliphatic hydroxyl groups is 1. The average Bonchev–Trinajstić information content (AvgIpc) is 2.05. The van der Waals surface area contributed by atoms with Crippen LogP contribution in [-0.2, 0) is 14.3 Å². The highest BCUT2D eigenvalue weighted by Gasteiger charge is 2.24. The van der Waals surface area contributed by atoms with Crippen molar-refractivity contribution in [2.45, 2.75) is 19.4 Å². The zero-order chi connectivity index (χ0) is 8.85. The van der Waals surface area contributed by atoms with Crippen molar-refractivity contribution in [3.63, 3.8) is 0 Å². The first-order valence-corrected chi connectivity index (χ1v) is 3.38. The molecule has 64 valence electrons. The fourth-order valence-electron chi connectivity index (χ4n) is 0.689. The Morgan fingerprint density at radius 3 is 2.55 bits per heavy atom. The van der Waals surface area contributed by atoms with Crippen molar-refractivity contribution in [2.24, 2.45) is 5.92 Å². The number of carbonyl (C=O) groups is 2. The Labute approximate surface area is 65.2 Å². The van der Waals surface area contributed by atoms with E-state index < -0.39 is 18.0 Å². The van der Waals surface area contributed by atoms with Crippen LogP contribution in [0.25, 0.3) is 0 Å². The third-order valence-corrected chi connectivity index (χ3v) is 1.49. The van der Waals surface area contributed by atoms with Crippen LogP contribution < -0.4 is 0 Å². The number of aliphatic hydroxyl groups excluding tert-OH is 1. The predicted molar refractivity (Wildman–Crippen MR) is 37.9 cm³/mol. The fourth-order valence-corrected chi connectivity index (χ4v) is 0.689. The topological polar surface area (TPSA) is 63.6 Å². The van der Waals surface area contributed by atoms with Gasteiger partial charge >= 0.3 is 5.97 Å². The molecule has 0 radical (unpaired) electrons. The zero-order valence-electron chi connectivity index (χ0n) is 6.61. The summed E-state index contributed by atoms with van der Waals surface area (Å²) in [5.74, 6) is -1.41. The Morgan fingerprint density at radius 1 is 1.73 bits per heavy atom. The SMILES string of the molecule is CC[C@H](C=O)[C@@H](O)C(=O)OC. The molecule has 0 aromatic heterocycles. The summed E-state index contributed by atoms with van der Waals surface area (Å²) < 4.78 is 4.25. The van der Waals surface area contributed by atoms with Crippen molar-refractivity contribution in [1.29, 1.82) is 0 Å². The van der Waals surface area contributed by atoms with E-state index in [9.17, 15) is 9.59 Å². The van der Waals surface area contributed by atoms with Gasteiger partial charge in [0.25, 0.3) is 0 Å². The highest BCUT2D eigenvalue weighted by molar-refractivity contribution is 5.78. The first-order valence-electron chi connectivity index (χ1n) is 3.38. The molecule has 1 N–H and O–H groups in total. The second-order valence-corrected chi connectivity index (χ2v) is 2.18. The summed E-state index contributed by atoms with van der Waals surface area (Å²) in [6.45, 7) is 1.71. The van der Waals surface area contributed by atoms with E-state index >= 15 is 0 Å². The zero-order valence-corrected chi connectivity index (χ0v) is 6.61. The summed E-state index contributed by atoms with van der Waals surface area (Å²) in [7, 11) is 1.17. The van der Waals surface area contributed by atoms with E-state index in [1.54, 1.807) is 6.92 Å². The number of carbonyl (C=O) groups excluding carboxylic acids is 2. The van der Waals surface area contributed by atoms with Gasteiger partial charge in [0.05, 0.1) is 13.0 Å². The van der Waals surface area contributed by atoms with Crippen LogP contribution in [0.15, 0.2) is 0 Å². The van der Waals surface area contributed by atoms with Gasteiger partial charge in [0.1, 0.15) is 6.29 Å². The number of ether oxygens (including phenoxy) is 1. The van der Waals surface area contributed by atoms with Gasteiger partial charge in [-0.05, 0) is 6.42 Å². The van der Waals surface area contributed by atoms with Gasteiger partial charge in [-0.2, -0.15) is 0 Å². The summed E-state index contributed by atoms with van der Waals surface area (Å²) in [4.78, 5) is 20.9. The molecular formula is C7H12O4. The molecule has 0 aromatic rings. The third kappa shape index (κ3) is 2.67. The number of rotatable bonds is 4. The van der Waals surface area contributed by atoms with Gasteiger partial charge in [-0.25, -0.2) is 4.79 Å². The minimum absolute atomic E-state index is 0.430. The molecule has 0 rings (SSSR count). The maximum absolute atomic E-state index is 10.6. The predicted octanol–water partition coefficient (Wildman–Crippen LogP) is -0.255. The van der Waals surface area contributed by atoms with Crippen LogP contribution in [-0.4, -0.2) is 30.6 Å². The lowest BCUT2D eigenvalue weighted by molar-refractivity contribution is -0.154. The molecule has 0 bridgehead atoms. The van der Waals surface area contributed by atoms with Gasteiger partial charge in [-0.1, -0.05) is 6.92 Å². The summed E-state index contributed by atoms with van der Waals surface area (Å²) >= 11 is 0. The minimum Gasteiger partial charge on any atom is -0.467 e. The standard InChI is InChI=1S/C7H12O4/c1-3-5(4-8)6(9)7(10)11-2/h4-6,9H,3H2,1-2H3/t5-,6-/m1/s1. The molecule has 0 unspecified atom stereocenters. The van der Waals surface area contributed by atoms with E-state index in [1.807, 2.05) is 0 Å². The lowest BCUT2D eigenvalue weighted by Crippen LogP contribution is -2.31. The highest BCUT2D eigenvalue weighted by Crippen LogP contribution is 2.06. The molecule has 0 saturated heterocycles. The normalized spacial score (nSPS) is 15.2. The minimum atomic E-state index is -1.32. The molecule has 0 saturated carbocycles. The molecule has 0 spiro atoms. The molecule has 0 aliphatic carbocycles. The summed E-state index contributed by atoms with van der Waals surface area (Å²) in [6, 6.07) is 0. The van der Waals surface area contributed by atoms with Gasteiger partial charge in [0.15, 0.2) is 6.10 Å². The molecule has 0 aliphatic rings. The van der Waals surface area contributed by atoms with Gasteiger partial charge in [0, 0.05) is 0 Å². The first kappa shape index (κ1) is 10.1. The molecule has 0 aromatic carbocycles. The largest absolute Gasteiger partial charge is 0.467 e. The van der Waals surface area contributed by atoms with E-state index in [1.165, 1.54) is 7.11 Å². The second-order valence-electron chi connectivity index (χ2n) is 2.18. The Balaban J connectivity index is 4.07. The van der Waals surface area contributed by atoms with Gasteiger partial charge < -0.3 is 14.6 Å². The first-order chi connectivity index (χ1) is 5.17. The molecule has 0 amide bonds. The number of aldehydes is 1. The number of hydrogen-bond acceptors (Lipinski definition) is 4. The van der Waals surface area contributed by atoms with E-state index in [0.29, 0.717) is 12.7 Å². The molecule has 0 aliphatic heterocycles. The summed E-state index contributed by atoms with van der Waals surface area (Å²) in [6.07, 6.45) is -0.330. The fraction of sp³-hybridized carbons (Fsp3) is 0.714. The average molecular weight is 160 g/mol. The van der Waals surface area contributed by atoms with Crippen LogP contribution in [0.2, 0.25) is 0 Å². The van der Waals surface area contributed by atoms with E-state index in [-0.39, 0.29) is 0 Å². The molecular weight excluding hydrogens is 148 g/mol. The van der Waals surface area contributed by atoms with Crippen LogP contribution in [0, 0.1) is 5.92 Å². The van der Waals surface area contributed by atoms with E-state index in [4.69, 9.17) is 5.11 Å². The third-order valence-electron chi connectivity index (χ3n) is 1.49. The maximum Gasteiger partial charge on any atom is 0.335 e. The van der Waals surface area contributed by atoms with Crippen molar-refractivity contribution < 1.29 is 19.4 Å². The van der Waals surface area contributed by atoms with Crippen molar-refractivity contribution >= 4 is 12.3 Å². The highest BCUT2D eigenvalue weighted by atomic mass is 16.5. The van der Waals surface area contributed by atoms with Crippen molar-refractivity contribution in [3.05, 3.63) is 0 Å². The van der Waals surface area contributed by atoms with Crippen LogP contribution >= 0.6 is 0 Å². The van der Waals surface area contributed by atoms with E-state index in [2.05, 4.69) is 4.74 Å². The monoisotopic (exact) mass is 160 g/mol. The number of methoxy groups -OCH3 is 1. The second kappa shape index (κ2) is 4.85. The van der Waals surface area contributed by atoms with Crippen molar-refractivity contribution in [1.82, 2.24) is 0 Å². The smallest absolute Gasteiger partial charge is 0.335 e. The number of hydrogen-bond donors (Lipinski definition) is 1. The Bertz CT molecular complexity index is 143. The van der Waals surface area contributed by atoms with Crippen LogP contribution in [0.5, 0.6) is 0 Å². The Hall–Kier alpha value is -0.900. The summed E-state index contributed by atoms with van der Waals surface area (Å²) in [5.41, 5.74) is 0. The maximum atomic E-state index is 10.6. The van der Waals surface area contributed by atoms with Crippen molar-refractivity contribution in [3.8, 4) is 0 Å². The molecule has 4 nitrogen and oxygen atoms in total. The van der Waals surface area contributed by atoms with E-state index in [0.717, 1.165) is 0 Å². The van der Waals surface area contributed by atoms with Crippen LogP contribution in [0.4, 0.5) is 0 Å². The molecule has 11 heavy (non-hydrogen) atoms.